The minimum absolute atomic E-state index is 0.0237. The number of ether oxygens (including phenoxy) is 12. The Morgan fingerprint density at radius 1 is 0.302 bits per heavy atom. The van der Waals surface area contributed by atoms with E-state index in [1.807, 2.05) is 0 Å². The number of aliphatic hydroxyl groups is 2. The predicted molar refractivity (Wildman–Crippen MR) is 204 cm³/mol. The maximum atomic E-state index is 9.91. The molecular weight excluding hydrogens is 692 g/mol. The summed E-state index contributed by atoms with van der Waals surface area (Å²) in [5, 5.41) is 18.5. The summed E-state index contributed by atoms with van der Waals surface area (Å²) in [6.45, 7) is 13.1. The molecule has 0 aliphatic carbocycles. The highest BCUT2D eigenvalue weighted by atomic mass is 16.6. The summed E-state index contributed by atoms with van der Waals surface area (Å²) in [6, 6.07) is 0. The molecule has 0 aromatic carbocycles. The van der Waals surface area contributed by atoms with E-state index in [1.54, 1.807) is 0 Å². The normalized spacial score (nSPS) is 12.3. The van der Waals surface area contributed by atoms with Gasteiger partial charge < -0.3 is 67.1 Å². The fourth-order valence-corrected chi connectivity index (χ4v) is 4.84. The zero-order valence-electron chi connectivity index (χ0n) is 33.5. The first-order chi connectivity index (χ1) is 26.3. The number of hydrogen-bond acceptors (Lipinski definition) is 14. The highest BCUT2D eigenvalue weighted by Gasteiger charge is 2.04. The molecule has 0 aliphatic rings. The second-order valence-corrected chi connectivity index (χ2v) is 12.5. The van der Waals surface area contributed by atoms with Crippen molar-refractivity contribution in [2.75, 3.05) is 159 Å². The predicted octanol–water partition coefficient (Wildman–Crippen LogP) is 4.59. The molecule has 0 fully saturated rings. The largest absolute Gasteiger partial charge is 0.394 e. The van der Waals surface area contributed by atoms with Gasteiger partial charge in [0.15, 0.2) is 6.29 Å². The van der Waals surface area contributed by atoms with Crippen LogP contribution in [0.25, 0.3) is 0 Å². The molecule has 53 heavy (non-hydrogen) atoms. The molecule has 14 nitrogen and oxygen atoms in total. The lowest BCUT2D eigenvalue weighted by atomic mass is 10.0. The summed E-state index contributed by atoms with van der Waals surface area (Å²) < 4.78 is 65.1. The Morgan fingerprint density at radius 2 is 0.547 bits per heavy atom. The van der Waals surface area contributed by atoms with E-state index in [0.29, 0.717) is 145 Å². The Bertz CT molecular complexity index is 637. The molecule has 0 rings (SSSR count). The third-order valence-corrected chi connectivity index (χ3v) is 7.77. The Hall–Kier alpha value is -0.560. The Morgan fingerprint density at radius 3 is 0.830 bits per heavy atom. The molecule has 320 valence electrons. The van der Waals surface area contributed by atoms with Crippen LogP contribution < -0.4 is 0 Å². The molecule has 0 spiro atoms. The van der Waals surface area contributed by atoms with Crippen molar-refractivity contribution < 1.29 is 67.1 Å². The van der Waals surface area contributed by atoms with Crippen molar-refractivity contribution in [3.63, 3.8) is 0 Å². The van der Waals surface area contributed by atoms with E-state index in [0.717, 1.165) is 12.8 Å². The van der Waals surface area contributed by atoms with E-state index < -0.39 is 6.29 Å². The van der Waals surface area contributed by atoms with Gasteiger partial charge in [-0.25, -0.2) is 0 Å². The Kier molecular flexibility index (Phi) is 48.9. The summed E-state index contributed by atoms with van der Waals surface area (Å²) in [5.74, 6) is 0. The van der Waals surface area contributed by atoms with Crippen molar-refractivity contribution in [1.29, 1.82) is 0 Å². The number of aliphatic hydroxyl groups excluding tert-OH is 2. The molecule has 0 aromatic rings. The first-order valence-corrected chi connectivity index (χ1v) is 20.6. The van der Waals surface area contributed by atoms with Gasteiger partial charge in [0.2, 0.25) is 0 Å². The molecule has 0 aliphatic heterocycles. The van der Waals surface area contributed by atoms with Crippen molar-refractivity contribution in [3.05, 3.63) is 0 Å². The van der Waals surface area contributed by atoms with Gasteiger partial charge in [0, 0.05) is 6.61 Å². The van der Waals surface area contributed by atoms with Gasteiger partial charge in [-0.15, -0.1) is 0 Å². The molecule has 0 aromatic heterocycles. The Balaban J connectivity index is 3.12. The van der Waals surface area contributed by atoms with Crippen molar-refractivity contribution in [2.24, 2.45) is 0 Å². The van der Waals surface area contributed by atoms with Crippen LogP contribution >= 0.6 is 0 Å². The van der Waals surface area contributed by atoms with Crippen LogP contribution in [0.3, 0.4) is 0 Å². The van der Waals surface area contributed by atoms with Gasteiger partial charge in [0.1, 0.15) is 0 Å². The molecule has 14 heteroatoms. The van der Waals surface area contributed by atoms with E-state index in [2.05, 4.69) is 6.92 Å². The maximum Gasteiger partial charge on any atom is 0.178 e. The number of unbranched alkanes of at least 4 members (excludes halogenated alkanes) is 12. The zero-order valence-corrected chi connectivity index (χ0v) is 33.5. The summed E-state index contributed by atoms with van der Waals surface area (Å²) in [6.07, 6.45) is 16.2. The van der Waals surface area contributed by atoms with Gasteiger partial charge in [-0.05, 0) is 6.42 Å². The lowest BCUT2D eigenvalue weighted by Crippen LogP contribution is -2.21. The van der Waals surface area contributed by atoms with Crippen LogP contribution in [0.15, 0.2) is 0 Å². The van der Waals surface area contributed by atoms with Crippen LogP contribution in [-0.2, 0) is 56.8 Å². The van der Waals surface area contributed by atoms with Gasteiger partial charge >= 0.3 is 0 Å². The molecule has 0 heterocycles. The van der Waals surface area contributed by atoms with Crippen molar-refractivity contribution in [2.45, 2.75) is 96.7 Å². The molecule has 2 N–H and O–H groups in total. The SMILES string of the molecule is CCCCCCCCCCCCCCCOC(O)COCCOCCOCCOCCOCCOCCOCCOCCOCCOCCOCCO. The van der Waals surface area contributed by atoms with Crippen LogP contribution in [0.1, 0.15) is 90.4 Å². The number of rotatable bonds is 49. The van der Waals surface area contributed by atoms with E-state index in [1.165, 1.54) is 70.6 Å². The van der Waals surface area contributed by atoms with Crippen molar-refractivity contribution in [3.8, 4) is 0 Å². The standard InChI is InChI=1S/C39H80O14/c1-2-3-4-5-6-7-8-9-10-11-12-13-14-16-53-39(41)38-52-37-36-51-35-34-50-33-32-49-31-30-48-29-28-47-27-26-46-25-24-45-23-22-44-21-20-43-19-18-42-17-15-40/h39-41H,2-38H2,1H3. The van der Waals surface area contributed by atoms with Gasteiger partial charge in [-0.2, -0.15) is 0 Å². The molecule has 1 atom stereocenters. The average molecular weight is 773 g/mol. The summed E-state index contributed by atoms with van der Waals surface area (Å²) in [5.41, 5.74) is 0. The van der Waals surface area contributed by atoms with Gasteiger partial charge in [0.25, 0.3) is 0 Å². The fraction of sp³-hybridized carbons (Fsp3) is 1.00. The van der Waals surface area contributed by atoms with E-state index in [4.69, 9.17) is 61.9 Å². The average Bonchev–Trinajstić information content (AvgIpc) is 3.16. The molecule has 0 amide bonds. The molecule has 0 radical (unpaired) electrons. The highest BCUT2D eigenvalue weighted by molar-refractivity contribution is 4.49. The van der Waals surface area contributed by atoms with Crippen molar-refractivity contribution in [1.82, 2.24) is 0 Å². The van der Waals surface area contributed by atoms with Gasteiger partial charge in [-0.1, -0.05) is 84.0 Å². The third kappa shape index (κ3) is 49.4. The lowest BCUT2D eigenvalue weighted by Gasteiger charge is -2.12. The van der Waals surface area contributed by atoms with Gasteiger partial charge in [-0.3, -0.25) is 0 Å². The second kappa shape index (κ2) is 49.5. The quantitative estimate of drug-likeness (QED) is 0.0656. The lowest BCUT2D eigenvalue weighted by molar-refractivity contribution is -0.141. The van der Waals surface area contributed by atoms with E-state index >= 15 is 0 Å². The topological polar surface area (TPSA) is 151 Å². The first kappa shape index (κ1) is 52.4. The summed E-state index contributed by atoms with van der Waals surface area (Å²) in [7, 11) is 0. The molecule has 0 saturated heterocycles. The third-order valence-electron chi connectivity index (χ3n) is 7.77. The van der Waals surface area contributed by atoms with Crippen LogP contribution in [0.4, 0.5) is 0 Å². The molecule has 0 saturated carbocycles. The molecular formula is C39H80O14. The Labute approximate surface area is 322 Å². The fourth-order valence-electron chi connectivity index (χ4n) is 4.84. The van der Waals surface area contributed by atoms with Crippen LogP contribution in [-0.4, -0.2) is 175 Å². The van der Waals surface area contributed by atoms with Gasteiger partial charge in [0.05, 0.1) is 152 Å². The molecule has 1 unspecified atom stereocenters. The van der Waals surface area contributed by atoms with E-state index in [9.17, 15) is 5.11 Å². The van der Waals surface area contributed by atoms with Crippen LogP contribution in [0.2, 0.25) is 0 Å². The minimum atomic E-state index is -0.886. The monoisotopic (exact) mass is 773 g/mol. The van der Waals surface area contributed by atoms with Crippen LogP contribution in [0, 0.1) is 0 Å². The van der Waals surface area contributed by atoms with Crippen LogP contribution in [0.5, 0.6) is 0 Å². The zero-order chi connectivity index (χ0) is 38.2. The highest BCUT2D eigenvalue weighted by Crippen LogP contribution is 2.12. The minimum Gasteiger partial charge on any atom is -0.394 e. The summed E-state index contributed by atoms with van der Waals surface area (Å²) in [4.78, 5) is 0. The van der Waals surface area contributed by atoms with E-state index in [-0.39, 0.29) is 13.2 Å². The second-order valence-electron chi connectivity index (χ2n) is 12.5. The maximum absolute atomic E-state index is 9.91. The molecule has 0 bridgehead atoms. The summed E-state index contributed by atoms with van der Waals surface area (Å²) >= 11 is 0. The van der Waals surface area contributed by atoms with Crippen molar-refractivity contribution >= 4 is 0 Å². The number of hydrogen-bond donors (Lipinski definition) is 2. The first-order valence-electron chi connectivity index (χ1n) is 20.6. The smallest absolute Gasteiger partial charge is 0.178 e.